The van der Waals surface area contributed by atoms with Crippen LogP contribution in [0.25, 0.3) is 21.8 Å². The monoisotopic (exact) mass is 1100 g/mol. The van der Waals surface area contributed by atoms with Gasteiger partial charge in [0.1, 0.15) is 48.0 Å². The van der Waals surface area contributed by atoms with Crippen LogP contribution in [0.5, 0.6) is 5.75 Å². The summed E-state index contributed by atoms with van der Waals surface area (Å²) in [6, 6.07) is 8.29. The number of aromatic nitrogens is 4. The number of carboxylic acid groups (broad SMARTS) is 1. The number of nitrogens with two attached hydrogens (primary N) is 2. The number of aromatic hydroxyl groups is 1. The maximum atomic E-state index is 14.4. The zero-order valence-electron chi connectivity index (χ0n) is 44.6. The molecule has 3 aromatic carbocycles. The summed E-state index contributed by atoms with van der Waals surface area (Å²) in [7, 11) is 0. The van der Waals surface area contributed by atoms with Crippen LogP contribution in [0, 0.1) is 11.8 Å². The van der Waals surface area contributed by atoms with Crippen molar-refractivity contribution >= 4 is 75.0 Å². The topological polar surface area (TPSA) is 411 Å². The Morgan fingerprint density at radius 1 is 0.562 bits per heavy atom. The highest BCUT2D eigenvalue weighted by atomic mass is 16.4. The van der Waals surface area contributed by atoms with E-state index in [0.29, 0.717) is 28.5 Å². The van der Waals surface area contributed by atoms with Gasteiger partial charge in [0.05, 0.1) is 31.1 Å². The third kappa shape index (κ3) is 16.7. The molecule has 0 aliphatic rings. The van der Waals surface area contributed by atoms with E-state index in [1.54, 1.807) is 50.5 Å². The number of benzene rings is 3. The minimum atomic E-state index is -1.85. The Kier molecular flexibility index (Phi) is 21.0. The van der Waals surface area contributed by atoms with Crippen LogP contribution < -0.4 is 48.7 Å². The number of carbonyl (C=O) groups excluding carboxylic acids is 8. The molecule has 0 bridgehead atoms. The highest BCUT2D eigenvalue weighted by Gasteiger charge is 2.36. The van der Waals surface area contributed by atoms with E-state index >= 15 is 0 Å². The number of carbonyl (C=O) groups is 9. The number of aliphatic carboxylic acids is 1. The van der Waals surface area contributed by atoms with Crippen molar-refractivity contribution < 1.29 is 58.5 Å². The van der Waals surface area contributed by atoms with E-state index in [2.05, 4.69) is 57.2 Å². The van der Waals surface area contributed by atoms with E-state index in [1.165, 1.54) is 36.8 Å². The molecule has 0 saturated heterocycles. The molecule has 80 heavy (non-hydrogen) atoms. The summed E-state index contributed by atoms with van der Waals surface area (Å²) in [5.41, 5.74) is 15.2. The summed E-state index contributed by atoms with van der Waals surface area (Å²) in [6.07, 6.45) is 4.76. The van der Waals surface area contributed by atoms with Crippen LogP contribution >= 0.6 is 0 Å². The Labute approximate surface area is 459 Å². The van der Waals surface area contributed by atoms with Gasteiger partial charge in [-0.05, 0) is 59.2 Å². The van der Waals surface area contributed by atoms with Gasteiger partial charge in [-0.2, -0.15) is 0 Å². The molecule has 426 valence electrons. The molecule has 8 atom stereocenters. The number of aliphatic hydroxyl groups is 1. The Morgan fingerprint density at radius 3 is 1.49 bits per heavy atom. The summed E-state index contributed by atoms with van der Waals surface area (Å²) in [5.74, 6) is -9.63. The number of para-hydroxylation sites is 2. The zero-order valence-corrected chi connectivity index (χ0v) is 44.6. The first-order valence-corrected chi connectivity index (χ1v) is 26.0. The molecule has 0 aliphatic carbocycles. The summed E-state index contributed by atoms with van der Waals surface area (Å²) < 4.78 is 0. The Morgan fingerprint density at radius 2 is 1.01 bits per heavy atom. The van der Waals surface area contributed by atoms with Gasteiger partial charge in [0.2, 0.25) is 47.3 Å². The van der Waals surface area contributed by atoms with Crippen LogP contribution in [-0.2, 0) is 68.8 Å². The number of primary amides is 1. The Balaban J connectivity index is 1.22. The number of rotatable bonds is 29. The maximum absolute atomic E-state index is 14.4. The number of aromatic amines is 3. The first-order chi connectivity index (χ1) is 38.1. The highest BCUT2D eigenvalue weighted by Crippen LogP contribution is 2.22. The lowest BCUT2D eigenvalue weighted by molar-refractivity contribution is -0.143. The van der Waals surface area contributed by atoms with Crippen molar-refractivity contribution in [1.29, 1.82) is 0 Å². The van der Waals surface area contributed by atoms with Crippen LogP contribution in [0.15, 0.2) is 97.7 Å². The van der Waals surface area contributed by atoms with E-state index in [4.69, 9.17) is 11.5 Å². The fraction of sp³-hybridized carbons (Fsp3) is 0.382. The van der Waals surface area contributed by atoms with Crippen molar-refractivity contribution in [3.05, 3.63) is 120 Å². The number of aliphatic hydroxyl groups excluding tert-OH is 1. The molecule has 6 rings (SSSR count). The summed E-state index contributed by atoms with van der Waals surface area (Å²) in [6.45, 7) is 5.87. The molecule has 3 aromatic heterocycles. The highest BCUT2D eigenvalue weighted by molar-refractivity contribution is 5.99. The lowest BCUT2D eigenvalue weighted by Gasteiger charge is -2.27. The van der Waals surface area contributed by atoms with Gasteiger partial charge >= 0.3 is 5.97 Å². The third-order valence-corrected chi connectivity index (χ3v) is 13.2. The molecule has 6 aromatic rings. The lowest BCUT2D eigenvalue weighted by Crippen LogP contribution is -2.61. The van der Waals surface area contributed by atoms with Gasteiger partial charge < -0.3 is 79.0 Å². The minimum absolute atomic E-state index is 0.0389. The number of imidazole rings is 1. The van der Waals surface area contributed by atoms with Crippen molar-refractivity contribution in [2.45, 2.75) is 115 Å². The molecule has 25 nitrogen and oxygen atoms in total. The molecule has 3 heterocycles. The van der Waals surface area contributed by atoms with Gasteiger partial charge in [-0.3, -0.25) is 38.4 Å². The summed E-state index contributed by atoms with van der Waals surface area (Å²) in [5, 5.41) is 49.7. The predicted octanol–water partition coefficient (Wildman–Crippen LogP) is -0.276. The molecular formula is C55H69N13O12. The maximum Gasteiger partial charge on any atom is 0.326 e. The Bertz CT molecular complexity index is 3140. The average Bonchev–Trinajstić information content (AvgIpc) is 4.22. The second-order valence-corrected chi connectivity index (χ2v) is 20.3. The number of nitrogens with one attached hydrogen (secondary N) is 10. The summed E-state index contributed by atoms with van der Waals surface area (Å²) in [4.78, 5) is 137. The summed E-state index contributed by atoms with van der Waals surface area (Å²) >= 11 is 0. The number of phenolic OH excluding ortho intramolecular Hbond substituents is 1. The van der Waals surface area contributed by atoms with Gasteiger partial charge in [0.25, 0.3) is 0 Å². The average molecular weight is 1100 g/mol. The Hall–Kier alpha value is -9.10. The first kappa shape index (κ1) is 60.1. The first-order valence-electron chi connectivity index (χ1n) is 26.0. The van der Waals surface area contributed by atoms with E-state index in [9.17, 15) is 58.5 Å². The molecule has 0 saturated carbocycles. The number of hydrogen-bond donors (Lipinski definition) is 15. The largest absolute Gasteiger partial charge is 0.508 e. The minimum Gasteiger partial charge on any atom is -0.508 e. The van der Waals surface area contributed by atoms with Crippen LogP contribution in [0.1, 0.15) is 62.9 Å². The zero-order chi connectivity index (χ0) is 58.2. The van der Waals surface area contributed by atoms with Crippen LogP contribution in [0.2, 0.25) is 0 Å². The standard InChI is InChI=1S/C55H69N13O12/c1-28(2)17-37(56)48(72)62-41(19-31-23-59-38-11-7-5-9-35(31)38)50(74)63-40(18-30-13-15-34(70)16-14-30)49(73)67-45(26-69)54(78)66-44(22-46(57)71)52(76)65-43(21-33-25-58-27-61-33)51(75)64-42(53(77)68-47(29(3)4)55(79)80)20-32-24-60-39-12-8-6-10-36(32)39/h5-16,23-25,27-29,37,40-45,47,59-60,69-70H,17-22,26,56H2,1-4H3,(H2,57,71)(H,58,61)(H,62,72)(H,63,74)(H,64,75)(H,65,76)(H,66,78)(H,67,73)(H,68,77)(H,79,80)/t37-,40-,41-,42-,43-,44-,45-,47-/m0/s1. The smallest absolute Gasteiger partial charge is 0.326 e. The molecule has 0 aliphatic heterocycles. The molecule has 0 unspecified atom stereocenters. The number of carboxylic acids is 1. The molecule has 25 heteroatoms. The molecule has 0 spiro atoms. The molecule has 8 amide bonds. The lowest BCUT2D eigenvalue weighted by atomic mass is 10.00. The molecule has 0 fully saturated rings. The quantitative estimate of drug-likeness (QED) is 0.0288. The second kappa shape index (κ2) is 28.0. The number of fused-ring (bicyclic) bond motifs is 2. The van der Waals surface area contributed by atoms with Gasteiger partial charge in [-0.1, -0.05) is 76.2 Å². The molecule has 17 N–H and O–H groups in total. The number of nitrogens with zero attached hydrogens (tertiary/aromatic N) is 1. The second-order valence-electron chi connectivity index (χ2n) is 20.3. The number of H-pyrrole nitrogens is 3. The van der Waals surface area contributed by atoms with Crippen LogP contribution in [0.4, 0.5) is 0 Å². The molecular weight excluding hydrogens is 1030 g/mol. The van der Waals surface area contributed by atoms with Crippen LogP contribution in [0.3, 0.4) is 0 Å². The number of hydrogen-bond acceptors (Lipinski definition) is 13. The SMILES string of the molecule is CC(C)C[C@H](N)C(=O)N[C@@H](Cc1c[nH]c2ccccc12)C(=O)N[C@@H](Cc1ccc(O)cc1)C(=O)N[C@@H](CO)C(=O)N[C@@H](CC(N)=O)C(=O)N[C@@H](Cc1c[nH]cn1)C(=O)N[C@@H](Cc1c[nH]c2ccccc12)C(=O)N[C@H](C(=O)O)C(C)C. The van der Waals surface area contributed by atoms with Crippen molar-refractivity contribution in [1.82, 2.24) is 57.2 Å². The number of phenols is 1. The van der Waals surface area contributed by atoms with Crippen molar-refractivity contribution in [3.63, 3.8) is 0 Å². The van der Waals surface area contributed by atoms with E-state index < -0.39 is 121 Å². The fourth-order valence-electron chi connectivity index (χ4n) is 8.98. The van der Waals surface area contributed by atoms with Crippen molar-refractivity contribution in [3.8, 4) is 5.75 Å². The van der Waals surface area contributed by atoms with Crippen molar-refractivity contribution in [2.75, 3.05) is 6.61 Å². The van der Waals surface area contributed by atoms with Gasteiger partial charge in [0.15, 0.2) is 0 Å². The van der Waals surface area contributed by atoms with E-state index in [1.807, 2.05) is 38.1 Å². The van der Waals surface area contributed by atoms with Crippen LogP contribution in [-0.4, -0.2) is 143 Å². The van der Waals surface area contributed by atoms with Gasteiger partial charge in [-0.15, -0.1) is 0 Å². The third-order valence-electron chi connectivity index (χ3n) is 13.2. The molecule has 0 radical (unpaired) electrons. The van der Waals surface area contributed by atoms with Gasteiger partial charge in [-0.25, -0.2) is 9.78 Å². The van der Waals surface area contributed by atoms with E-state index in [-0.39, 0.29) is 43.0 Å². The number of amides is 8. The van der Waals surface area contributed by atoms with E-state index in [0.717, 1.165) is 16.4 Å². The van der Waals surface area contributed by atoms with Crippen molar-refractivity contribution in [2.24, 2.45) is 23.3 Å². The van der Waals surface area contributed by atoms with Gasteiger partial charge in [0, 0.05) is 66.1 Å². The fourth-order valence-corrected chi connectivity index (χ4v) is 8.98. The normalized spacial score (nSPS) is 14.4. The predicted molar refractivity (Wildman–Crippen MR) is 292 cm³/mol.